The van der Waals surface area contributed by atoms with E-state index in [-0.39, 0.29) is 6.10 Å². The minimum atomic E-state index is -0.171. The van der Waals surface area contributed by atoms with Gasteiger partial charge >= 0.3 is 0 Å². The Morgan fingerprint density at radius 2 is 1.85 bits per heavy atom. The number of ether oxygens (including phenoxy) is 2. The van der Waals surface area contributed by atoms with Crippen molar-refractivity contribution in [3.05, 3.63) is 36.8 Å². The molecule has 0 bridgehead atoms. The van der Waals surface area contributed by atoms with E-state index < -0.39 is 0 Å². The number of rotatable bonds is 5. The number of imidazole rings is 1. The van der Waals surface area contributed by atoms with Gasteiger partial charge in [0.05, 0.1) is 32.2 Å². The molecule has 7 nitrogen and oxygen atoms in total. The van der Waals surface area contributed by atoms with Crippen molar-refractivity contribution in [3.63, 3.8) is 0 Å². The Bertz CT molecular complexity index is 932. The van der Waals surface area contributed by atoms with Crippen molar-refractivity contribution >= 4 is 11.5 Å². The molecule has 0 radical (unpaired) electrons. The second-order valence-electron chi connectivity index (χ2n) is 6.83. The standard InChI is InChI=1S/C20H24N4O3/c1-26-17-8-3-13(11-18(17)27-2)16-12-22-20-19(21-9-10-24(16)20)23-14-4-6-15(25)7-5-14/h3,8-12,14-15,25H,4-7H2,1-2H3,(H,21,23). The number of aromatic nitrogens is 3. The maximum Gasteiger partial charge on any atom is 0.180 e. The van der Waals surface area contributed by atoms with Crippen LogP contribution in [0.4, 0.5) is 5.82 Å². The molecule has 0 aliphatic heterocycles. The number of hydrogen-bond donors (Lipinski definition) is 2. The van der Waals surface area contributed by atoms with Crippen LogP contribution in [0.2, 0.25) is 0 Å². The van der Waals surface area contributed by atoms with Crippen molar-refractivity contribution in [2.24, 2.45) is 0 Å². The van der Waals surface area contributed by atoms with Crippen LogP contribution in [0.3, 0.4) is 0 Å². The van der Waals surface area contributed by atoms with Gasteiger partial charge in [-0.05, 0) is 43.9 Å². The minimum Gasteiger partial charge on any atom is -0.493 e. The number of hydrogen-bond acceptors (Lipinski definition) is 6. The van der Waals surface area contributed by atoms with E-state index in [2.05, 4.69) is 15.3 Å². The number of nitrogens with zero attached hydrogens (tertiary/aromatic N) is 3. The summed E-state index contributed by atoms with van der Waals surface area (Å²) in [5.74, 6) is 2.14. The normalized spacial score (nSPS) is 19.8. The quantitative estimate of drug-likeness (QED) is 0.720. The molecule has 0 unspecified atom stereocenters. The summed E-state index contributed by atoms with van der Waals surface area (Å²) in [6.07, 6.45) is 8.88. The van der Waals surface area contributed by atoms with E-state index in [1.54, 1.807) is 20.4 Å². The summed E-state index contributed by atoms with van der Waals surface area (Å²) in [7, 11) is 3.25. The molecule has 1 aliphatic rings. The largest absolute Gasteiger partial charge is 0.493 e. The van der Waals surface area contributed by atoms with Gasteiger partial charge in [0.2, 0.25) is 0 Å². The van der Waals surface area contributed by atoms with E-state index in [1.165, 1.54) is 0 Å². The Labute approximate surface area is 158 Å². The zero-order chi connectivity index (χ0) is 18.8. The van der Waals surface area contributed by atoms with Crippen molar-refractivity contribution in [1.29, 1.82) is 0 Å². The zero-order valence-corrected chi connectivity index (χ0v) is 15.6. The third-order valence-corrected chi connectivity index (χ3v) is 5.14. The Hall–Kier alpha value is -2.80. The lowest BCUT2D eigenvalue weighted by Gasteiger charge is -2.26. The van der Waals surface area contributed by atoms with Crippen LogP contribution in [-0.4, -0.2) is 45.8 Å². The molecule has 0 saturated heterocycles. The van der Waals surface area contributed by atoms with Gasteiger partial charge in [-0.2, -0.15) is 0 Å². The number of aliphatic hydroxyl groups is 1. The smallest absolute Gasteiger partial charge is 0.180 e. The zero-order valence-electron chi connectivity index (χ0n) is 15.6. The molecule has 0 atom stereocenters. The maximum absolute atomic E-state index is 9.70. The van der Waals surface area contributed by atoms with Gasteiger partial charge in [0.15, 0.2) is 23.0 Å². The van der Waals surface area contributed by atoms with Gasteiger partial charge in [0, 0.05) is 24.0 Å². The first kappa shape index (κ1) is 17.6. The highest BCUT2D eigenvalue weighted by atomic mass is 16.5. The fourth-order valence-electron chi connectivity index (χ4n) is 3.64. The number of benzene rings is 1. The summed E-state index contributed by atoms with van der Waals surface area (Å²) in [4.78, 5) is 9.08. The number of fused-ring (bicyclic) bond motifs is 1. The molecule has 1 aromatic carbocycles. The molecule has 2 heterocycles. The summed E-state index contributed by atoms with van der Waals surface area (Å²) < 4.78 is 12.8. The first-order valence-electron chi connectivity index (χ1n) is 9.18. The SMILES string of the molecule is COc1ccc(-c2cnc3c(NC4CCC(O)CC4)nccn23)cc1OC. The van der Waals surface area contributed by atoms with E-state index >= 15 is 0 Å². The van der Waals surface area contributed by atoms with E-state index in [0.717, 1.165) is 48.4 Å². The van der Waals surface area contributed by atoms with Gasteiger partial charge in [0.1, 0.15) is 0 Å². The summed E-state index contributed by atoms with van der Waals surface area (Å²) in [6, 6.07) is 6.13. The monoisotopic (exact) mass is 368 g/mol. The molecule has 1 fully saturated rings. The van der Waals surface area contributed by atoms with Gasteiger partial charge in [-0.3, -0.25) is 4.40 Å². The van der Waals surface area contributed by atoms with Crippen molar-refractivity contribution in [2.75, 3.05) is 19.5 Å². The fourth-order valence-corrected chi connectivity index (χ4v) is 3.64. The molecule has 27 heavy (non-hydrogen) atoms. The van der Waals surface area contributed by atoms with Gasteiger partial charge in [-0.25, -0.2) is 9.97 Å². The average molecular weight is 368 g/mol. The van der Waals surface area contributed by atoms with Crippen LogP contribution in [0, 0.1) is 0 Å². The number of anilines is 1. The van der Waals surface area contributed by atoms with E-state index in [9.17, 15) is 5.11 Å². The highest BCUT2D eigenvalue weighted by Crippen LogP contribution is 2.33. The van der Waals surface area contributed by atoms with Gasteiger partial charge in [-0.15, -0.1) is 0 Å². The first-order valence-corrected chi connectivity index (χ1v) is 9.18. The molecule has 1 aliphatic carbocycles. The predicted octanol–water partition coefficient (Wildman–Crippen LogP) is 3.13. The molecule has 142 valence electrons. The van der Waals surface area contributed by atoms with Crippen LogP contribution < -0.4 is 14.8 Å². The number of methoxy groups -OCH3 is 2. The van der Waals surface area contributed by atoms with Crippen LogP contribution in [-0.2, 0) is 0 Å². The lowest BCUT2D eigenvalue weighted by atomic mass is 9.93. The maximum atomic E-state index is 9.70. The molecule has 4 rings (SSSR count). The Kier molecular flexibility index (Phi) is 4.85. The first-order chi connectivity index (χ1) is 13.2. The lowest BCUT2D eigenvalue weighted by Crippen LogP contribution is -2.28. The highest BCUT2D eigenvalue weighted by Gasteiger charge is 2.21. The van der Waals surface area contributed by atoms with E-state index in [1.807, 2.05) is 35.0 Å². The Balaban J connectivity index is 1.66. The lowest BCUT2D eigenvalue weighted by molar-refractivity contribution is 0.126. The van der Waals surface area contributed by atoms with E-state index in [0.29, 0.717) is 17.5 Å². The summed E-state index contributed by atoms with van der Waals surface area (Å²) in [5.41, 5.74) is 2.72. The predicted molar refractivity (Wildman–Crippen MR) is 103 cm³/mol. The third kappa shape index (κ3) is 3.42. The molecule has 7 heteroatoms. The molecule has 2 N–H and O–H groups in total. The van der Waals surface area contributed by atoms with Crippen LogP contribution in [0.15, 0.2) is 36.8 Å². The minimum absolute atomic E-state index is 0.171. The summed E-state index contributed by atoms with van der Waals surface area (Å²) in [6.45, 7) is 0. The molecule has 3 aromatic rings. The molecule has 1 saturated carbocycles. The van der Waals surface area contributed by atoms with Crippen LogP contribution in [0.5, 0.6) is 11.5 Å². The van der Waals surface area contributed by atoms with Gasteiger partial charge < -0.3 is 19.9 Å². The van der Waals surface area contributed by atoms with Gasteiger partial charge in [-0.1, -0.05) is 0 Å². The summed E-state index contributed by atoms with van der Waals surface area (Å²) >= 11 is 0. The van der Waals surface area contributed by atoms with Crippen molar-refractivity contribution in [2.45, 2.75) is 37.8 Å². The highest BCUT2D eigenvalue weighted by molar-refractivity contribution is 5.72. The van der Waals surface area contributed by atoms with Crippen LogP contribution in [0.1, 0.15) is 25.7 Å². The fraction of sp³-hybridized carbons (Fsp3) is 0.400. The number of aliphatic hydroxyl groups excluding tert-OH is 1. The van der Waals surface area contributed by atoms with Crippen molar-refractivity contribution in [3.8, 4) is 22.8 Å². The van der Waals surface area contributed by atoms with Crippen LogP contribution in [0.25, 0.3) is 16.9 Å². The van der Waals surface area contributed by atoms with Gasteiger partial charge in [0.25, 0.3) is 0 Å². The van der Waals surface area contributed by atoms with Crippen molar-refractivity contribution in [1.82, 2.24) is 14.4 Å². The average Bonchev–Trinajstić information content (AvgIpc) is 3.14. The molecular weight excluding hydrogens is 344 g/mol. The third-order valence-electron chi connectivity index (χ3n) is 5.14. The van der Waals surface area contributed by atoms with E-state index in [4.69, 9.17) is 9.47 Å². The summed E-state index contributed by atoms with van der Waals surface area (Å²) in [5, 5.41) is 13.2. The van der Waals surface area contributed by atoms with Crippen LogP contribution >= 0.6 is 0 Å². The molecule has 0 spiro atoms. The molecule has 2 aromatic heterocycles. The molecular formula is C20H24N4O3. The Morgan fingerprint density at radius 3 is 2.59 bits per heavy atom. The second kappa shape index (κ2) is 7.44. The van der Waals surface area contributed by atoms with Crippen molar-refractivity contribution < 1.29 is 14.6 Å². The Morgan fingerprint density at radius 1 is 1.07 bits per heavy atom. The number of nitrogens with one attached hydrogen (secondary N) is 1. The second-order valence-corrected chi connectivity index (χ2v) is 6.83. The topological polar surface area (TPSA) is 80.9 Å². The molecule has 0 amide bonds.